The molecule has 0 spiro atoms. The number of nitro groups is 1. The van der Waals surface area contributed by atoms with Crippen molar-refractivity contribution in [2.75, 3.05) is 13.2 Å². The Kier molecular flexibility index (Phi) is 21.7. The Hall–Kier alpha value is -5.38. The average molecular weight is 892 g/mol. The number of hydrogen-bond acceptors (Lipinski definition) is 9. The van der Waals surface area contributed by atoms with Gasteiger partial charge in [0.05, 0.1) is 40.8 Å². The molecule has 352 valence electrons. The van der Waals surface area contributed by atoms with E-state index < -0.39 is 16.9 Å². The number of nitro benzene ring substituents is 1. The summed E-state index contributed by atoms with van der Waals surface area (Å²) in [4.78, 5) is 49.4. The number of carbonyl (C=O) groups excluding carboxylic acids is 2. The van der Waals surface area contributed by atoms with Crippen molar-refractivity contribution in [2.24, 2.45) is 0 Å². The van der Waals surface area contributed by atoms with Crippen molar-refractivity contribution in [3.8, 4) is 39.5 Å². The molecule has 0 bridgehead atoms. The molecule has 0 aliphatic heterocycles. The summed E-state index contributed by atoms with van der Waals surface area (Å²) in [6, 6.07) is 16.9. The van der Waals surface area contributed by atoms with Gasteiger partial charge in [-0.15, -0.1) is 0 Å². The molecular weight excluding hydrogens is 819 g/mol. The van der Waals surface area contributed by atoms with Crippen molar-refractivity contribution in [3.05, 3.63) is 94.1 Å². The minimum absolute atomic E-state index is 0.140. The Labute approximate surface area is 387 Å². The first-order valence-corrected chi connectivity index (χ1v) is 24.8. The molecule has 10 nitrogen and oxygen atoms in total. The third-order valence-corrected chi connectivity index (χ3v) is 12.3. The lowest BCUT2D eigenvalue weighted by atomic mass is 9.74. The van der Waals surface area contributed by atoms with Crippen LogP contribution in [-0.4, -0.2) is 36.2 Å². The highest BCUT2D eigenvalue weighted by molar-refractivity contribution is 6.22. The topological polar surface area (TPSA) is 123 Å². The summed E-state index contributed by atoms with van der Waals surface area (Å²) in [5.74, 6) is -0.267. The van der Waals surface area contributed by atoms with Gasteiger partial charge < -0.3 is 14.2 Å². The molecule has 0 fully saturated rings. The summed E-state index contributed by atoms with van der Waals surface area (Å²) in [6.45, 7) is 9.44. The van der Waals surface area contributed by atoms with E-state index in [1.807, 2.05) is 32.1 Å². The van der Waals surface area contributed by atoms with Gasteiger partial charge in [-0.05, 0) is 111 Å². The van der Waals surface area contributed by atoms with Crippen molar-refractivity contribution in [3.63, 3.8) is 0 Å². The Morgan fingerprint density at radius 3 is 1.72 bits per heavy atom. The third kappa shape index (κ3) is 15.1. The van der Waals surface area contributed by atoms with Crippen LogP contribution in [0.5, 0.6) is 17.2 Å². The number of nitrogens with zero attached hydrogens (tertiary/aromatic N) is 1. The zero-order chi connectivity index (χ0) is 46.2. The van der Waals surface area contributed by atoms with Crippen LogP contribution in [0.1, 0.15) is 190 Å². The number of unbranched alkanes of at least 4 members (excludes halogenated alkanes) is 18. The molecule has 10 heteroatoms. The van der Waals surface area contributed by atoms with Crippen LogP contribution in [0.2, 0.25) is 0 Å². The van der Waals surface area contributed by atoms with Crippen LogP contribution in [0.25, 0.3) is 33.0 Å². The van der Waals surface area contributed by atoms with Crippen molar-refractivity contribution in [2.45, 2.75) is 175 Å². The number of benzene rings is 4. The van der Waals surface area contributed by atoms with E-state index in [1.165, 1.54) is 96.3 Å². The first-order chi connectivity index (χ1) is 31.8. The molecule has 4 aromatic carbocycles. The maximum atomic E-state index is 13.8. The van der Waals surface area contributed by atoms with Crippen molar-refractivity contribution < 1.29 is 38.5 Å². The molecule has 65 heavy (non-hydrogen) atoms. The first-order valence-electron chi connectivity index (χ1n) is 24.8. The normalized spacial score (nSPS) is 12.1. The standard InChI is InChI=1S/C55H73NO9/c1-5-8-11-13-15-17-19-21-23-26-39-61-43-31-29-42(30-32-43)54(57)64-65-55(58)47-36-37-48(62-40-27-24-22-20-18-16-14-12-9-6-2)51-46-34-33-45-44(50(46)52(47)51)35-38-49(53(45)56(59)60)63-41(4)28-25-10-7-3/h7,10,29-38,41H,5-6,8-9,11-28,39-40H2,1-4H3/b10-7+/t41-/m1/s1. The van der Waals surface area contributed by atoms with Gasteiger partial charge in [-0.3, -0.25) is 10.1 Å². The minimum atomic E-state index is -0.876. The second-order valence-corrected chi connectivity index (χ2v) is 17.5. The molecule has 0 amide bonds. The Balaban J connectivity index is 1.24. The van der Waals surface area contributed by atoms with E-state index >= 15 is 0 Å². The fourth-order valence-electron chi connectivity index (χ4n) is 8.65. The van der Waals surface area contributed by atoms with Gasteiger partial charge in [-0.2, -0.15) is 0 Å². The van der Waals surface area contributed by atoms with E-state index in [1.54, 1.807) is 54.6 Å². The highest BCUT2D eigenvalue weighted by Crippen LogP contribution is 2.57. The lowest BCUT2D eigenvalue weighted by Gasteiger charge is -2.30. The van der Waals surface area contributed by atoms with Crippen LogP contribution < -0.4 is 14.2 Å². The van der Waals surface area contributed by atoms with Gasteiger partial charge in [-0.25, -0.2) is 19.4 Å². The van der Waals surface area contributed by atoms with E-state index in [9.17, 15) is 19.7 Å². The predicted molar refractivity (Wildman–Crippen MR) is 261 cm³/mol. The maximum absolute atomic E-state index is 13.8. The zero-order valence-electron chi connectivity index (χ0n) is 39.6. The number of rotatable bonds is 32. The number of hydrogen-bond donors (Lipinski definition) is 0. The Morgan fingerprint density at radius 2 is 1.14 bits per heavy atom. The Morgan fingerprint density at radius 1 is 0.600 bits per heavy atom. The summed E-state index contributed by atoms with van der Waals surface area (Å²) in [7, 11) is 0. The first kappa shape index (κ1) is 50.6. The molecule has 1 aliphatic rings. The minimum Gasteiger partial charge on any atom is -0.494 e. The monoisotopic (exact) mass is 892 g/mol. The summed E-state index contributed by atoms with van der Waals surface area (Å²) in [6.07, 6.45) is 29.8. The van der Waals surface area contributed by atoms with Gasteiger partial charge in [0, 0.05) is 11.1 Å². The van der Waals surface area contributed by atoms with Crippen LogP contribution in [-0.2, 0) is 9.78 Å². The van der Waals surface area contributed by atoms with Crippen molar-refractivity contribution in [1.82, 2.24) is 0 Å². The molecule has 0 heterocycles. The largest absolute Gasteiger partial charge is 0.494 e. The van der Waals surface area contributed by atoms with E-state index in [0.29, 0.717) is 58.6 Å². The fourth-order valence-corrected chi connectivity index (χ4v) is 8.65. The summed E-state index contributed by atoms with van der Waals surface area (Å²) < 4.78 is 18.4. The second-order valence-electron chi connectivity index (χ2n) is 17.5. The molecule has 0 unspecified atom stereocenters. The molecule has 5 rings (SSSR count). The molecular formula is C55H73NO9. The number of carbonyl (C=O) groups is 2. The smallest absolute Gasteiger partial charge is 0.386 e. The predicted octanol–water partition coefficient (Wildman–Crippen LogP) is 16.0. The average Bonchev–Trinajstić information content (AvgIpc) is 3.30. The quantitative estimate of drug-likeness (QED) is 0.0136. The van der Waals surface area contributed by atoms with Crippen LogP contribution in [0, 0.1) is 10.1 Å². The van der Waals surface area contributed by atoms with Gasteiger partial charge in [0.1, 0.15) is 11.5 Å². The van der Waals surface area contributed by atoms with Crippen LogP contribution in [0.15, 0.2) is 72.8 Å². The van der Waals surface area contributed by atoms with E-state index in [4.69, 9.17) is 24.0 Å². The van der Waals surface area contributed by atoms with E-state index in [0.717, 1.165) is 44.1 Å². The number of allylic oxidation sites excluding steroid dienone is 2. The van der Waals surface area contributed by atoms with Crippen molar-refractivity contribution in [1.29, 1.82) is 0 Å². The molecule has 0 saturated carbocycles. The number of ether oxygens (including phenoxy) is 3. The number of fused-ring (bicyclic) bond motifs is 6. The van der Waals surface area contributed by atoms with Crippen LogP contribution >= 0.6 is 0 Å². The molecule has 0 N–H and O–H groups in total. The zero-order valence-corrected chi connectivity index (χ0v) is 39.6. The highest BCUT2D eigenvalue weighted by Gasteiger charge is 2.36. The second kappa shape index (κ2) is 27.8. The van der Waals surface area contributed by atoms with Gasteiger partial charge in [0.2, 0.25) is 0 Å². The maximum Gasteiger partial charge on any atom is 0.386 e. The molecule has 1 aliphatic carbocycles. The van der Waals surface area contributed by atoms with Gasteiger partial charge >= 0.3 is 17.6 Å². The van der Waals surface area contributed by atoms with Gasteiger partial charge in [0.25, 0.3) is 0 Å². The van der Waals surface area contributed by atoms with E-state index in [2.05, 4.69) is 13.8 Å². The molecule has 0 radical (unpaired) electrons. The van der Waals surface area contributed by atoms with Gasteiger partial charge in [0.15, 0.2) is 5.75 Å². The molecule has 4 aromatic rings. The molecule has 0 aromatic heterocycles. The van der Waals surface area contributed by atoms with Crippen LogP contribution in [0.3, 0.4) is 0 Å². The summed E-state index contributed by atoms with van der Waals surface area (Å²) >= 11 is 0. The third-order valence-electron chi connectivity index (χ3n) is 12.3. The Bertz CT molecular complexity index is 2140. The lowest BCUT2D eigenvalue weighted by molar-refractivity contribution is -0.384. The van der Waals surface area contributed by atoms with Crippen LogP contribution in [0.4, 0.5) is 5.69 Å². The van der Waals surface area contributed by atoms with E-state index in [-0.39, 0.29) is 28.7 Å². The summed E-state index contributed by atoms with van der Waals surface area (Å²) in [5.41, 5.74) is 2.90. The summed E-state index contributed by atoms with van der Waals surface area (Å²) in [5, 5.41) is 13.6. The highest BCUT2D eigenvalue weighted by atomic mass is 17.2. The van der Waals surface area contributed by atoms with Gasteiger partial charge in [-0.1, -0.05) is 148 Å². The molecule has 1 atom stereocenters. The molecule has 0 saturated heterocycles. The SMILES string of the molecule is C/C=C/CC[C@@H](C)Oc1ccc2c3c(ccc2c1[N+](=O)[O-])-c1c(OCCCCCCCCCCCC)ccc(C(=O)OOC(=O)c2ccc(OCCCCCCCCCCCC)cc2)c1-3. The van der Waals surface area contributed by atoms with Crippen molar-refractivity contribution >= 4 is 28.4 Å². The lowest BCUT2D eigenvalue weighted by Crippen LogP contribution is -2.16. The fraction of sp³-hybridized carbons (Fsp3) is 0.527.